The van der Waals surface area contributed by atoms with Crippen molar-refractivity contribution in [2.45, 2.75) is 57.5 Å². The van der Waals surface area contributed by atoms with E-state index in [4.69, 9.17) is 28.4 Å². The Morgan fingerprint density at radius 3 is 1.96 bits per heavy atom. The molecule has 0 amide bonds. The summed E-state index contributed by atoms with van der Waals surface area (Å²) in [6.07, 6.45) is 2.55. The summed E-state index contributed by atoms with van der Waals surface area (Å²) in [6, 6.07) is 0. The van der Waals surface area contributed by atoms with Crippen LogP contribution in [0.15, 0.2) is 12.2 Å². The van der Waals surface area contributed by atoms with Crippen molar-refractivity contribution >= 4 is 12.3 Å². The molecule has 8 heteroatoms. The number of hydrogen-bond donors (Lipinski definition) is 0. The third kappa shape index (κ3) is 6.91. The van der Waals surface area contributed by atoms with Crippen molar-refractivity contribution in [2.24, 2.45) is 0 Å². The van der Waals surface area contributed by atoms with Crippen LogP contribution in [0.1, 0.15) is 34.1 Å². The molecule has 2 fully saturated rings. The second kappa shape index (κ2) is 8.05. The highest BCUT2D eigenvalue weighted by atomic mass is 16.8. The van der Waals surface area contributed by atoms with Gasteiger partial charge in [-0.25, -0.2) is 9.59 Å². The Hall–Kier alpha value is -1.80. The number of cyclic esters (lactones) is 4. The smallest absolute Gasteiger partial charge is 0.430 e. The summed E-state index contributed by atoms with van der Waals surface area (Å²) in [6.45, 7) is 8.76. The van der Waals surface area contributed by atoms with E-state index in [-0.39, 0.29) is 32.0 Å². The van der Waals surface area contributed by atoms with Gasteiger partial charge in [0.15, 0.2) is 12.2 Å². The number of carbonyl (C=O) groups is 2. The lowest BCUT2D eigenvalue weighted by atomic mass is 10.0. The minimum atomic E-state index is -0.654. The third-order valence-electron chi connectivity index (χ3n) is 3.73. The van der Waals surface area contributed by atoms with Crippen LogP contribution >= 0.6 is 0 Å². The molecule has 0 spiro atoms. The first kappa shape index (κ1) is 19.5. The summed E-state index contributed by atoms with van der Waals surface area (Å²) < 4.78 is 30.9. The second-order valence-electron chi connectivity index (χ2n) is 7.19. The van der Waals surface area contributed by atoms with Gasteiger partial charge >= 0.3 is 12.3 Å². The number of carbonyl (C=O) groups excluding carboxylic acids is 2. The van der Waals surface area contributed by atoms with Crippen molar-refractivity contribution in [3.8, 4) is 0 Å². The molecule has 0 bridgehead atoms. The van der Waals surface area contributed by atoms with Crippen LogP contribution in [-0.4, -0.2) is 62.1 Å². The van der Waals surface area contributed by atoms with E-state index in [9.17, 15) is 9.59 Å². The summed E-state index contributed by atoms with van der Waals surface area (Å²) in [5.41, 5.74) is -0.934. The predicted octanol–water partition coefficient (Wildman–Crippen LogP) is 2.59. The van der Waals surface area contributed by atoms with E-state index in [2.05, 4.69) is 0 Å². The number of ether oxygens (including phenoxy) is 6. The monoisotopic (exact) mass is 358 g/mol. The summed E-state index contributed by atoms with van der Waals surface area (Å²) in [7, 11) is 0. The van der Waals surface area contributed by atoms with Crippen molar-refractivity contribution in [3.63, 3.8) is 0 Å². The Labute approximate surface area is 147 Å². The molecular weight excluding hydrogens is 332 g/mol. The van der Waals surface area contributed by atoms with E-state index < -0.39 is 23.5 Å². The molecule has 2 saturated heterocycles. The highest BCUT2D eigenvalue weighted by Crippen LogP contribution is 2.20. The molecule has 142 valence electrons. The summed E-state index contributed by atoms with van der Waals surface area (Å²) in [5, 5.41) is 0. The first-order chi connectivity index (χ1) is 11.7. The molecule has 8 nitrogen and oxygen atoms in total. The Kier molecular flexibility index (Phi) is 6.29. The Bertz CT molecular complexity index is 511. The fourth-order valence-corrected chi connectivity index (χ4v) is 2.25. The molecule has 0 N–H and O–H groups in total. The average Bonchev–Trinajstić information content (AvgIpc) is 3.11. The second-order valence-corrected chi connectivity index (χ2v) is 7.19. The standard InChI is InChI=1S/C17H26O8/c1-16(2,22-10-12-8-20-14(18)24-12)6-5-7-17(3,4)23-11-13-9-21-15(19)25-13/h5-6,12-13H,7-11H2,1-4H3/b6-5+. The Morgan fingerprint density at radius 2 is 1.48 bits per heavy atom. The van der Waals surface area contributed by atoms with Crippen molar-refractivity contribution < 1.29 is 38.0 Å². The molecule has 2 atom stereocenters. The van der Waals surface area contributed by atoms with Crippen molar-refractivity contribution in [3.05, 3.63) is 12.2 Å². The minimum Gasteiger partial charge on any atom is -0.430 e. The van der Waals surface area contributed by atoms with Gasteiger partial charge in [-0.2, -0.15) is 0 Å². The van der Waals surface area contributed by atoms with Crippen LogP contribution in [0, 0.1) is 0 Å². The normalized spacial score (nSPS) is 24.2. The van der Waals surface area contributed by atoms with E-state index in [1.54, 1.807) is 0 Å². The molecule has 0 aromatic carbocycles. The maximum Gasteiger partial charge on any atom is 0.508 e. The van der Waals surface area contributed by atoms with Crippen molar-refractivity contribution in [1.82, 2.24) is 0 Å². The van der Waals surface area contributed by atoms with Gasteiger partial charge in [-0.3, -0.25) is 0 Å². The summed E-state index contributed by atoms with van der Waals surface area (Å²) in [4.78, 5) is 21.7. The van der Waals surface area contributed by atoms with Gasteiger partial charge in [0.05, 0.1) is 24.4 Å². The van der Waals surface area contributed by atoms with Gasteiger partial charge in [-0.1, -0.05) is 12.2 Å². The van der Waals surface area contributed by atoms with Crippen LogP contribution < -0.4 is 0 Å². The van der Waals surface area contributed by atoms with E-state index in [1.165, 1.54) is 0 Å². The highest BCUT2D eigenvalue weighted by Gasteiger charge is 2.29. The fourth-order valence-electron chi connectivity index (χ4n) is 2.25. The lowest BCUT2D eigenvalue weighted by Crippen LogP contribution is -2.31. The van der Waals surface area contributed by atoms with Gasteiger partial charge in [0, 0.05) is 0 Å². The molecule has 0 radical (unpaired) electrons. The maximum absolute atomic E-state index is 10.9. The molecule has 2 rings (SSSR count). The van der Waals surface area contributed by atoms with Crippen LogP contribution in [-0.2, 0) is 28.4 Å². The molecule has 0 aromatic rings. The molecule has 2 unspecified atom stereocenters. The van der Waals surface area contributed by atoms with Gasteiger partial charge < -0.3 is 28.4 Å². The zero-order chi connectivity index (χ0) is 18.5. The van der Waals surface area contributed by atoms with Crippen LogP contribution in [0.2, 0.25) is 0 Å². The molecule has 2 heterocycles. The predicted molar refractivity (Wildman–Crippen MR) is 86.3 cm³/mol. The number of rotatable bonds is 9. The average molecular weight is 358 g/mol. The van der Waals surface area contributed by atoms with Gasteiger partial charge in [0.1, 0.15) is 13.2 Å². The minimum absolute atomic E-state index is 0.217. The molecule has 25 heavy (non-hydrogen) atoms. The van der Waals surface area contributed by atoms with Crippen LogP contribution in [0.4, 0.5) is 9.59 Å². The highest BCUT2D eigenvalue weighted by molar-refractivity contribution is 5.62. The zero-order valence-corrected chi connectivity index (χ0v) is 15.1. The quantitative estimate of drug-likeness (QED) is 0.459. The molecule has 2 aliphatic heterocycles. The summed E-state index contributed by atoms with van der Waals surface area (Å²) in [5.74, 6) is 0. The molecule has 0 aromatic heterocycles. The van der Waals surface area contributed by atoms with Crippen LogP contribution in [0.3, 0.4) is 0 Å². The largest absolute Gasteiger partial charge is 0.508 e. The number of hydrogen-bond acceptors (Lipinski definition) is 8. The van der Waals surface area contributed by atoms with Gasteiger partial charge in [-0.05, 0) is 34.1 Å². The molecule has 0 saturated carbocycles. The molecule has 2 aliphatic rings. The van der Waals surface area contributed by atoms with E-state index >= 15 is 0 Å². The zero-order valence-electron chi connectivity index (χ0n) is 15.1. The Balaban J connectivity index is 1.69. The van der Waals surface area contributed by atoms with Gasteiger partial charge in [0.2, 0.25) is 0 Å². The lowest BCUT2D eigenvalue weighted by molar-refractivity contribution is -0.0511. The van der Waals surface area contributed by atoms with Gasteiger partial charge in [0.25, 0.3) is 0 Å². The van der Waals surface area contributed by atoms with Crippen molar-refractivity contribution in [2.75, 3.05) is 26.4 Å². The van der Waals surface area contributed by atoms with E-state index in [0.29, 0.717) is 13.0 Å². The molecular formula is C17H26O8. The maximum atomic E-state index is 10.9. The van der Waals surface area contributed by atoms with Crippen LogP contribution in [0.5, 0.6) is 0 Å². The lowest BCUT2D eigenvalue weighted by Gasteiger charge is -2.26. The SMILES string of the molecule is CC(C)(/C=C/CC(C)(C)OCC1COC(=O)O1)OCC1COC(=O)O1. The first-order valence-corrected chi connectivity index (χ1v) is 8.28. The topological polar surface area (TPSA) is 89.5 Å². The van der Waals surface area contributed by atoms with Crippen molar-refractivity contribution in [1.29, 1.82) is 0 Å². The van der Waals surface area contributed by atoms with E-state index in [1.807, 2.05) is 39.8 Å². The Morgan fingerprint density at radius 1 is 0.960 bits per heavy atom. The molecule has 0 aliphatic carbocycles. The van der Waals surface area contributed by atoms with Crippen LogP contribution in [0.25, 0.3) is 0 Å². The van der Waals surface area contributed by atoms with E-state index in [0.717, 1.165) is 0 Å². The summed E-state index contributed by atoms with van der Waals surface area (Å²) >= 11 is 0. The first-order valence-electron chi connectivity index (χ1n) is 8.28. The fraction of sp³-hybridized carbons (Fsp3) is 0.765. The van der Waals surface area contributed by atoms with Gasteiger partial charge in [-0.15, -0.1) is 0 Å². The third-order valence-corrected chi connectivity index (χ3v) is 3.73.